The third kappa shape index (κ3) is 5.81. The second-order valence-electron chi connectivity index (χ2n) is 6.15. The van der Waals surface area contributed by atoms with Gasteiger partial charge in [-0.2, -0.15) is 0 Å². The van der Waals surface area contributed by atoms with Gasteiger partial charge >= 0.3 is 5.97 Å². The molecule has 1 aromatic carbocycles. The molecule has 6 heteroatoms. The lowest BCUT2D eigenvalue weighted by Crippen LogP contribution is -2.37. The van der Waals surface area contributed by atoms with E-state index in [0.717, 1.165) is 10.4 Å². The molecule has 1 amide bonds. The van der Waals surface area contributed by atoms with Crippen LogP contribution in [0.1, 0.15) is 39.9 Å². The predicted octanol–water partition coefficient (Wildman–Crippen LogP) is 3.61. The van der Waals surface area contributed by atoms with Crippen molar-refractivity contribution in [3.05, 3.63) is 57.8 Å². The highest BCUT2D eigenvalue weighted by molar-refractivity contribution is 7.14. The van der Waals surface area contributed by atoms with Crippen LogP contribution in [0.3, 0.4) is 0 Å². The van der Waals surface area contributed by atoms with E-state index in [0.29, 0.717) is 11.4 Å². The third-order valence-electron chi connectivity index (χ3n) is 3.87. The Morgan fingerprint density at radius 3 is 2.38 bits per heavy atom. The van der Waals surface area contributed by atoms with Crippen LogP contribution in [0.25, 0.3) is 0 Å². The molecule has 1 unspecified atom stereocenters. The van der Waals surface area contributed by atoms with Gasteiger partial charge in [-0.25, -0.2) is 0 Å². The predicted molar refractivity (Wildman–Crippen MR) is 101 cm³/mol. The number of esters is 1. The highest BCUT2D eigenvalue weighted by Crippen LogP contribution is 2.17. The Morgan fingerprint density at radius 2 is 1.77 bits per heavy atom. The number of ether oxygens (including phenoxy) is 1. The molecule has 1 atom stereocenters. The summed E-state index contributed by atoms with van der Waals surface area (Å²) in [4.78, 5) is 39.5. The maximum Gasteiger partial charge on any atom is 0.307 e. The Hall–Kier alpha value is -2.47. The van der Waals surface area contributed by atoms with Crippen molar-refractivity contribution in [2.75, 3.05) is 7.05 Å². The monoisotopic (exact) mass is 373 g/mol. The molecule has 0 aliphatic heterocycles. The maximum atomic E-state index is 12.3. The minimum absolute atomic E-state index is 0.0319. The molecule has 2 aromatic rings. The minimum atomic E-state index is -0.879. The number of thiophene rings is 1. The van der Waals surface area contributed by atoms with Gasteiger partial charge in [0.1, 0.15) is 0 Å². The molecule has 0 spiro atoms. The van der Waals surface area contributed by atoms with Crippen LogP contribution in [0.4, 0.5) is 0 Å². The number of Topliss-reactive ketones (excluding diaryl/α,β-unsaturated/α-hetero) is 1. The molecule has 5 nitrogen and oxygen atoms in total. The molecule has 0 saturated heterocycles. The summed E-state index contributed by atoms with van der Waals surface area (Å²) in [6, 6.07) is 13.2. The number of ketones is 1. The number of nitrogens with zero attached hydrogens (tertiary/aromatic N) is 1. The molecule has 0 aliphatic rings. The lowest BCUT2D eigenvalue weighted by atomic mass is 10.2. The summed E-state index contributed by atoms with van der Waals surface area (Å²) in [7, 11) is 1.67. The Balaban J connectivity index is 1.78. The summed E-state index contributed by atoms with van der Waals surface area (Å²) in [5, 5.41) is 0. The fourth-order valence-electron chi connectivity index (χ4n) is 2.48. The number of aryl methyl sites for hydroxylation is 1. The number of likely N-dealkylation sites (N-methyl/N-ethyl adjacent to an activating group) is 1. The van der Waals surface area contributed by atoms with Gasteiger partial charge in [-0.05, 0) is 31.5 Å². The second kappa shape index (κ2) is 9.29. The summed E-state index contributed by atoms with van der Waals surface area (Å²) in [5.41, 5.74) is 0.999. The first-order chi connectivity index (χ1) is 12.4. The van der Waals surface area contributed by atoms with Crippen LogP contribution in [-0.4, -0.2) is 35.7 Å². The van der Waals surface area contributed by atoms with Crippen molar-refractivity contribution in [1.29, 1.82) is 0 Å². The number of carbonyl (C=O) groups is 3. The smallest absolute Gasteiger partial charge is 0.307 e. The molecule has 0 saturated carbocycles. The number of hydrogen-bond acceptors (Lipinski definition) is 5. The van der Waals surface area contributed by atoms with Gasteiger partial charge in [0.05, 0.1) is 11.3 Å². The van der Waals surface area contributed by atoms with Crippen molar-refractivity contribution in [3.8, 4) is 0 Å². The zero-order chi connectivity index (χ0) is 19.1. The van der Waals surface area contributed by atoms with Gasteiger partial charge in [0.25, 0.3) is 5.91 Å². The number of benzene rings is 1. The third-order valence-corrected chi connectivity index (χ3v) is 4.91. The molecule has 0 N–H and O–H groups in total. The van der Waals surface area contributed by atoms with Crippen LogP contribution >= 0.6 is 11.3 Å². The molecular formula is C20H23NO4S. The Labute approximate surface area is 157 Å². The normalized spacial score (nSPS) is 11.7. The van der Waals surface area contributed by atoms with E-state index in [4.69, 9.17) is 4.74 Å². The molecule has 0 fully saturated rings. The second-order valence-corrected chi connectivity index (χ2v) is 7.43. The first-order valence-electron chi connectivity index (χ1n) is 8.45. The average molecular weight is 373 g/mol. The van der Waals surface area contributed by atoms with Gasteiger partial charge in [-0.3, -0.25) is 14.4 Å². The topological polar surface area (TPSA) is 63.7 Å². The van der Waals surface area contributed by atoms with Crippen molar-refractivity contribution in [2.24, 2.45) is 0 Å². The summed E-state index contributed by atoms with van der Waals surface area (Å²) < 4.78 is 5.18. The van der Waals surface area contributed by atoms with Gasteiger partial charge in [-0.1, -0.05) is 30.3 Å². The summed E-state index contributed by atoms with van der Waals surface area (Å²) in [6.45, 7) is 3.92. The van der Waals surface area contributed by atoms with E-state index >= 15 is 0 Å². The van der Waals surface area contributed by atoms with Crippen molar-refractivity contribution in [1.82, 2.24) is 4.90 Å². The van der Waals surface area contributed by atoms with E-state index in [1.165, 1.54) is 16.2 Å². The van der Waals surface area contributed by atoms with Gasteiger partial charge in [0.15, 0.2) is 11.9 Å². The number of amides is 1. The minimum Gasteiger partial charge on any atom is -0.453 e. The molecule has 0 radical (unpaired) electrons. The van der Waals surface area contributed by atoms with Crippen molar-refractivity contribution < 1.29 is 19.1 Å². The highest BCUT2D eigenvalue weighted by Gasteiger charge is 2.22. The van der Waals surface area contributed by atoms with Gasteiger partial charge < -0.3 is 9.64 Å². The lowest BCUT2D eigenvalue weighted by molar-refractivity contribution is -0.158. The summed E-state index contributed by atoms with van der Waals surface area (Å²) in [5.74, 6) is -0.900. The van der Waals surface area contributed by atoms with Gasteiger partial charge in [-0.15, -0.1) is 11.3 Å². The molecule has 0 aliphatic carbocycles. The number of rotatable bonds is 8. The number of hydrogen-bond donors (Lipinski definition) is 0. The quantitative estimate of drug-likeness (QED) is 0.524. The fourth-order valence-corrected chi connectivity index (χ4v) is 3.31. The summed E-state index contributed by atoms with van der Waals surface area (Å²) in [6.07, 6.45) is -0.828. The van der Waals surface area contributed by atoms with Crippen LogP contribution in [0.15, 0.2) is 42.5 Å². The maximum absolute atomic E-state index is 12.3. The molecule has 2 rings (SSSR count). The molecule has 26 heavy (non-hydrogen) atoms. The SMILES string of the molecule is Cc1ccc(C(=O)CCC(=O)OC(C)C(=O)N(C)Cc2ccccc2)s1. The van der Waals surface area contributed by atoms with Crippen LogP contribution in [-0.2, 0) is 20.9 Å². The van der Waals surface area contributed by atoms with Crippen molar-refractivity contribution >= 4 is 29.0 Å². The Morgan fingerprint density at radius 1 is 1.08 bits per heavy atom. The van der Waals surface area contributed by atoms with E-state index in [9.17, 15) is 14.4 Å². The van der Waals surface area contributed by atoms with Crippen molar-refractivity contribution in [2.45, 2.75) is 39.3 Å². The van der Waals surface area contributed by atoms with E-state index in [2.05, 4.69) is 0 Å². The molecule has 1 heterocycles. The van der Waals surface area contributed by atoms with E-state index < -0.39 is 12.1 Å². The largest absolute Gasteiger partial charge is 0.453 e. The highest BCUT2D eigenvalue weighted by atomic mass is 32.1. The summed E-state index contributed by atoms with van der Waals surface area (Å²) >= 11 is 1.41. The van der Waals surface area contributed by atoms with Crippen molar-refractivity contribution in [3.63, 3.8) is 0 Å². The van der Waals surface area contributed by atoms with E-state index in [-0.39, 0.29) is 24.5 Å². The standard InChI is InChI=1S/C20H23NO4S/c1-14-9-11-18(26-14)17(22)10-12-19(23)25-15(2)20(24)21(3)13-16-7-5-4-6-8-16/h4-9,11,15H,10,12-13H2,1-3H3. The van der Waals surface area contributed by atoms with E-state index in [1.54, 1.807) is 20.0 Å². The lowest BCUT2D eigenvalue weighted by Gasteiger charge is -2.21. The van der Waals surface area contributed by atoms with Crippen LogP contribution in [0.5, 0.6) is 0 Å². The molecule has 1 aromatic heterocycles. The zero-order valence-electron chi connectivity index (χ0n) is 15.2. The number of carbonyl (C=O) groups excluding carboxylic acids is 3. The average Bonchev–Trinajstić information content (AvgIpc) is 3.06. The van der Waals surface area contributed by atoms with Gasteiger partial charge in [0, 0.05) is 24.9 Å². The van der Waals surface area contributed by atoms with E-state index in [1.807, 2.05) is 43.3 Å². The Kier molecular flexibility index (Phi) is 7.09. The first kappa shape index (κ1) is 19.8. The molecule has 0 bridgehead atoms. The first-order valence-corrected chi connectivity index (χ1v) is 9.26. The van der Waals surface area contributed by atoms with Gasteiger partial charge in [0.2, 0.25) is 0 Å². The molecular weight excluding hydrogens is 350 g/mol. The molecule has 138 valence electrons. The van der Waals surface area contributed by atoms with Crippen LogP contribution < -0.4 is 0 Å². The fraction of sp³-hybridized carbons (Fsp3) is 0.350. The Bertz CT molecular complexity index is 769. The zero-order valence-corrected chi connectivity index (χ0v) is 16.0. The van der Waals surface area contributed by atoms with Crippen LogP contribution in [0.2, 0.25) is 0 Å². The van der Waals surface area contributed by atoms with Crippen LogP contribution in [0, 0.1) is 6.92 Å².